The van der Waals surface area contributed by atoms with E-state index in [0.717, 1.165) is 12.1 Å². The molecule has 0 saturated heterocycles. The van der Waals surface area contributed by atoms with E-state index < -0.39 is 32.2 Å². The molecule has 1 rings (SSSR count). The number of nitrogens with one attached hydrogen (secondary N) is 1. The first-order valence-electron chi connectivity index (χ1n) is 5.90. The average Bonchev–Trinajstić information content (AvgIpc) is 2.32. The van der Waals surface area contributed by atoms with E-state index in [2.05, 4.69) is 4.72 Å². The van der Waals surface area contributed by atoms with Gasteiger partial charge in [-0.3, -0.25) is 0 Å². The maximum atomic E-state index is 13.7. The van der Waals surface area contributed by atoms with Crippen LogP contribution < -0.4 is 10.5 Å². The highest BCUT2D eigenvalue weighted by atomic mass is 32.2. The van der Waals surface area contributed by atoms with Crippen molar-refractivity contribution in [3.63, 3.8) is 0 Å². The van der Waals surface area contributed by atoms with Crippen LogP contribution in [0.2, 0.25) is 0 Å². The van der Waals surface area contributed by atoms with E-state index in [9.17, 15) is 17.2 Å². The number of nitrogens with two attached hydrogens (primary N) is 1. The first-order chi connectivity index (χ1) is 8.66. The van der Waals surface area contributed by atoms with Crippen molar-refractivity contribution in [3.05, 3.63) is 23.8 Å². The van der Waals surface area contributed by atoms with Gasteiger partial charge in [0.1, 0.15) is 16.4 Å². The number of nitrogen functional groups attached to an aromatic ring is 1. The lowest BCUT2D eigenvalue weighted by molar-refractivity contribution is 0.414. The summed E-state index contributed by atoms with van der Waals surface area (Å²) in [6.07, 6.45) is 0. The number of hydrogen-bond donors (Lipinski definition) is 2. The normalized spacial score (nSPS) is 13.8. The summed E-state index contributed by atoms with van der Waals surface area (Å²) >= 11 is 0. The second-order valence-electron chi connectivity index (χ2n) is 4.85. The van der Waals surface area contributed by atoms with Crippen LogP contribution >= 0.6 is 0 Å². The molecule has 0 amide bonds. The third kappa shape index (κ3) is 3.63. The molecule has 0 aromatic heterocycles. The van der Waals surface area contributed by atoms with E-state index in [-0.39, 0.29) is 18.4 Å². The van der Waals surface area contributed by atoms with Crippen molar-refractivity contribution in [2.45, 2.75) is 25.7 Å². The molecule has 1 atom stereocenters. The monoisotopic (exact) mass is 292 g/mol. The van der Waals surface area contributed by atoms with Gasteiger partial charge >= 0.3 is 0 Å². The van der Waals surface area contributed by atoms with Crippen molar-refractivity contribution in [1.82, 2.24) is 4.72 Å². The lowest BCUT2D eigenvalue weighted by atomic mass is 9.99. The molecule has 0 bridgehead atoms. The van der Waals surface area contributed by atoms with Gasteiger partial charge in [0.05, 0.1) is 0 Å². The molecule has 0 heterocycles. The molecule has 0 aliphatic carbocycles. The molecule has 0 saturated carbocycles. The number of anilines is 1. The van der Waals surface area contributed by atoms with Crippen LogP contribution in [-0.2, 0) is 10.0 Å². The standard InChI is InChI=1S/C12H18F2N2O2S/c1-7(2)8(3)6-16-19(17,18)10-5-4-9(13)12(15)11(10)14/h4-5,7-8,16H,6,15H2,1-3H3. The summed E-state index contributed by atoms with van der Waals surface area (Å²) in [7, 11) is -4.03. The van der Waals surface area contributed by atoms with E-state index in [4.69, 9.17) is 5.73 Å². The lowest BCUT2D eigenvalue weighted by Gasteiger charge is -2.16. The summed E-state index contributed by atoms with van der Waals surface area (Å²) in [5.74, 6) is -1.86. The Labute approximate surface area is 112 Å². The number of sulfonamides is 1. The van der Waals surface area contributed by atoms with Crippen LogP contribution in [0.4, 0.5) is 14.5 Å². The zero-order valence-electron chi connectivity index (χ0n) is 11.1. The van der Waals surface area contributed by atoms with Gasteiger partial charge in [-0.1, -0.05) is 20.8 Å². The van der Waals surface area contributed by atoms with Crippen LogP contribution in [0.5, 0.6) is 0 Å². The molecule has 4 nitrogen and oxygen atoms in total. The molecule has 19 heavy (non-hydrogen) atoms. The highest BCUT2D eigenvalue weighted by Gasteiger charge is 2.23. The van der Waals surface area contributed by atoms with Gasteiger partial charge in [0.25, 0.3) is 0 Å². The van der Waals surface area contributed by atoms with Gasteiger partial charge in [-0.15, -0.1) is 0 Å². The second-order valence-corrected chi connectivity index (χ2v) is 6.58. The minimum Gasteiger partial charge on any atom is -0.394 e. The zero-order chi connectivity index (χ0) is 14.8. The molecule has 1 aromatic rings. The molecule has 0 fully saturated rings. The Morgan fingerprint density at radius 3 is 2.37 bits per heavy atom. The summed E-state index contributed by atoms with van der Waals surface area (Å²) in [5, 5.41) is 0. The summed E-state index contributed by atoms with van der Waals surface area (Å²) in [6.45, 7) is 5.96. The van der Waals surface area contributed by atoms with Crippen LogP contribution in [0.3, 0.4) is 0 Å². The van der Waals surface area contributed by atoms with E-state index in [0.29, 0.717) is 0 Å². The predicted molar refractivity (Wildman–Crippen MR) is 70.0 cm³/mol. The van der Waals surface area contributed by atoms with Gasteiger partial charge in [-0.25, -0.2) is 21.9 Å². The Hall–Kier alpha value is -1.21. The van der Waals surface area contributed by atoms with Gasteiger partial charge in [0.2, 0.25) is 10.0 Å². The van der Waals surface area contributed by atoms with Crippen LogP contribution in [0, 0.1) is 23.5 Å². The van der Waals surface area contributed by atoms with Crippen molar-refractivity contribution >= 4 is 15.7 Å². The Bertz CT molecular complexity index is 559. The van der Waals surface area contributed by atoms with Gasteiger partial charge in [-0.2, -0.15) is 0 Å². The molecule has 0 spiro atoms. The Kier molecular flexibility index (Phi) is 4.86. The molecule has 0 radical (unpaired) electrons. The summed E-state index contributed by atoms with van der Waals surface area (Å²) in [4.78, 5) is -0.637. The first kappa shape index (κ1) is 15.8. The summed E-state index contributed by atoms with van der Waals surface area (Å²) < 4.78 is 52.8. The van der Waals surface area contributed by atoms with E-state index >= 15 is 0 Å². The van der Waals surface area contributed by atoms with Gasteiger partial charge in [-0.05, 0) is 24.0 Å². The maximum Gasteiger partial charge on any atom is 0.243 e. The Balaban J connectivity index is 2.99. The molecule has 1 unspecified atom stereocenters. The highest BCUT2D eigenvalue weighted by Crippen LogP contribution is 2.22. The summed E-state index contributed by atoms with van der Waals surface area (Å²) in [5.41, 5.74) is 4.35. The van der Waals surface area contributed by atoms with Gasteiger partial charge < -0.3 is 5.73 Å². The first-order valence-corrected chi connectivity index (χ1v) is 7.38. The van der Waals surface area contributed by atoms with Crippen LogP contribution in [0.1, 0.15) is 20.8 Å². The van der Waals surface area contributed by atoms with Crippen molar-refractivity contribution in [2.75, 3.05) is 12.3 Å². The SMILES string of the molecule is CC(C)C(C)CNS(=O)(=O)c1ccc(F)c(N)c1F. The molecule has 7 heteroatoms. The van der Waals surface area contributed by atoms with E-state index in [1.807, 2.05) is 20.8 Å². The fraction of sp³-hybridized carbons (Fsp3) is 0.500. The van der Waals surface area contributed by atoms with Crippen molar-refractivity contribution in [3.8, 4) is 0 Å². The zero-order valence-corrected chi connectivity index (χ0v) is 11.9. The smallest absolute Gasteiger partial charge is 0.243 e. The molecule has 0 aliphatic rings. The number of benzene rings is 1. The fourth-order valence-electron chi connectivity index (χ4n) is 1.31. The number of hydrogen-bond acceptors (Lipinski definition) is 3. The number of halogens is 2. The highest BCUT2D eigenvalue weighted by molar-refractivity contribution is 7.89. The topological polar surface area (TPSA) is 72.2 Å². The summed E-state index contributed by atoms with van der Waals surface area (Å²) in [6, 6.07) is 1.70. The van der Waals surface area contributed by atoms with Gasteiger partial charge in [0.15, 0.2) is 5.82 Å². The average molecular weight is 292 g/mol. The van der Waals surface area contributed by atoms with Crippen molar-refractivity contribution in [1.29, 1.82) is 0 Å². The Morgan fingerprint density at radius 1 is 1.26 bits per heavy atom. The molecule has 1 aromatic carbocycles. The third-order valence-corrected chi connectivity index (χ3v) is 4.56. The molecule has 0 aliphatic heterocycles. The molecule has 3 N–H and O–H groups in total. The number of rotatable bonds is 5. The largest absolute Gasteiger partial charge is 0.394 e. The fourth-order valence-corrected chi connectivity index (χ4v) is 2.54. The van der Waals surface area contributed by atoms with Crippen LogP contribution in [0.15, 0.2) is 17.0 Å². The minimum atomic E-state index is -4.03. The predicted octanol–water partition coefficient (Wildman–Crippen LogP) is 2.12. The molecule has 108 valence electrons. The van der Waals surface area contributed by atoms with E-state index in [1.54, 1.807) is 0 Å². The molecular formula is C12H18F2N2O2S. The van der Waals surface area contributed by atoms with Crippen molar-refractivity contribution < 1.29 is 17.2 Å². The van der Waals surface area contributed by atoms with Crippen LogP contribution in [-0.4, -0.2) is 15.0 Å². The van der Waals surface area contributed by atoms with Crippen molar-refractivity contribution in [2.24, 2.45) is 11.8 Å². The third-order valence-electron chi connectivity index (χ3n) is 3.11. The second kappa shape index (κ2) is 5.83. The quantitative estimate of drug-likeness (QED) is 0.816. The molecular weight excluding hydrogens is 274 g/mol. The maximum absolute atomic E-state index is 13.7. The lowest BCUT2D eigenvalue weighted by Crippen LogP contribution is -2.31. The van der Waals surface area contributed by atoms with Gasteiger partial charge in [0, 0.05) is 6.54 Å². The minimum absolute atomic E-state index is 0.0932. The van der Waals surface area contributed by atoms with E-state index in [1.165, 1.54) is 0 Å². The van der Waals surface area contributed by atoms with Crippen LogP contribution in [0.25, 0.3) is 0 Å². The Morgan fingerprint density at radius 2 is 1.84 bits per heavy atom.